The minimum atomic E-state index is -0.453. The Morgan fingerprint density at radius 3 is 2.81 bits per heavy atom. The van der Waals surface area contributed by atoms with Crippen molar-refractivity contribution in [2.75, 3.05) is 19.0 Å². The van der Waals surface area contributed by atoms with Gasteiger partial charge in [0.25, 0.3) is 0 Å². The van der Waals surface area contributed by atoms with E-state index in [1.54, 1.807) is 32.2 Å². The van der Waals surface area contributed by atoms with E-state index in [2.05, 4.69) is 26.2 Å². The molecule has 1 aromatic heterocycles. The standard InChI is InChI=1S/C19H16BrClN2O3/c1-3-26-19(24)14-10-22-15-6-4-11(20)8-13(15)18(14)23-16-9-12(21)5-7-17(16)25-2/h4-10H,3H2,1-2H3,(H,22,23). The van der Waals surface area contributed by atoms with Crippen LogP contribution in [0.3, 0.4) is 0 Å². The second kappa shape index (κ2) is 7.93. The molecule has 0 amide bonds. The molecule has 0 fully saturated rings. The number of fused-ring (bicyclic) bond motifs is 1. The lowest BCUT2D eigenvalue weighted by atomic mass is 10.1. The molecule has 0 aliphatic rings. The van der Waals surface area contributed by atoms with Gasteiger partial charge in [-0.15, -0.1) is 0 Å². The number of carbonyl (C=O) groups excluding carboxylic acids is 1. The molecule has 134 valence electrons. The average molecular weight is 436 g/mol. The highest BCUT2D eigenvalue weighted by Gasteiger charge is 2.18. The third kappa shape index (κ3) is 3.76. The molecular weight excluding hydrogens is 420 g/mol. The van der Waals surface area contributed by atoms with Crippen molar-refractivity contribution < 1.29 is 14.3 Å². The number of nitrogens with zero attached hydrogens (tertiary/aromatic N) is 1. The van der Waals surface area contributed by atoms with Crippen molar-refractivity contribution in [3.05, 3.63) is 57.7 Å². The molecule has 0 unspecified atom stereocenters. The van der Waals surface area contributed by atoms with Crippen LogP contribution in [0.25, 0.3) is 10.9 Å². The number of nitrogens with one attached hydrogen (secondary N) is 1. The molecular formula is C19H16BrClN2O3. The van der Waals surface area contributed by atoms with Gasteiger partial charge < -0.3 is 14.8 Å². The second-order valence-electron chi connectivity index (χ2n) is 5.40. The number of esters is 1. The number of aromatic nitrogens is 1. The van der Waals surface area contributed by atoms with Gasteiger partial charge in [0, 0.05) is 21.1 Å². The van der Waals surface area contributed by atoms with Gasteiger partial charge in [-0.2, -0.15) is 0 Å². The van der Waals surface area contributed by atoms with Crippen LogP contribution in [0.1, 0.15) is 17.3 Å². The first-order chi connectivity index (χ1) is 12.5. The number of carbonyl (C=O) groups is 1. The Labute approximate surface area is 164 Å². The second-order valence-corrected chi connectivity index (χ2v) is 6.75. The van der Waals surface area contributed by atoms with E-state index in [0.717, 1.165) is 15.4 Å². The van der Waals surface area contributed by atoms with Gasteiger partial charge in [-0.1, -0.05) is 27.5 Å². The number of rotatable bonds is 5. The summed E-state index contributed by atoms with van der Waals surface area (Å²) in [6.07, 6.45) is 1.51. The summed E-state index contributed by atoms with van der Waals surface area (Å²) in [4.78, 5) is 16.8. The van der Waals surface area contributed by atoms with Gasteiger partial charge in [-0.05, 0) is 43.3 Å². The zero-order valence-electron chi connectivity index (χ0n) is 14.2. The topological polar surface area (TPSA) is 60.5 Å². The molecule has 5 nitrogen and oxygen atoms in total. The summed E-state index contributed by atoms with van der Waals surface area (Å²) >= 11 is 9.60. The fourth-order valence-electron chi connectivity index (χ4n) is 2.58. The number of anilines is 2. The molecule has 2 aromatic carbocycles. The monoisotopic (exact) mass is 434 g/mol. The van der Waals surface area contributed by atoms with E-state index in [4.69, 9.17) is 21.1 Å². The molecule has 0 radical (unpaired) electrons. The van der Waals surface area contributed by atoms with E-state index >= 15 is 0 Å². The first kappa shape index (κ1) is 18.5. The van der Waals surface area contributed by atoms with Crippen molar-refractivity contribution in [1.29, 1.82) is 0 Å². The minimum absolute atomic E-state index is 0.273. The molecule has 26 heavy (non-hydrogen) atoms. The van der Waals surface area contributed by atoms with Crippen molar-refractivity contribution >= 4 is 55.8 Å². The van der Waals surface area contributed by atoms with Gasteiger partial charge in [-0.3, -0.25) is 4.98 Å². The van der Waals surface area contributed by atoms with Crippen molar-refractivity contribution in [3.8, 4) is 5.75 Å². The fraction of sp³-hybridized carbons (Fsp3) is 0.158. The Hall–Kier alpha value is -2.31. The molecule has 0 spiro atoms. The number of halogens is 2. The van der Waals surface area contributed by atoms with E-state index < -0.39 is 5.97 Å². The summed E-state index contributed by atoms with van der Waals surface area (Å²) in [7, 11) is 1.57. The van der Waals surface area contributed by atoms with Gasteiger partial charge in [0.15, 0.2) is 0 Å². The van der Waals surface area contributed by atoms with Crippen molar-refractivity contribution in [2.45, 2.75) is 6.92 Å². The summed E-state index contributed by atoms with van der Waals surface area (Å²) in [5, 5.41) is 4.59. The third-order valence-corrected chi connectivity index (χ3v) is 4.47. The van der Waals surface area contributed by atoms with Crippen LogP contribution in [0, 0.1) is 0 Å². The lowest BCUT2D eigenvalue weighted by Gasteiger charge is -2.16. The van der Waals surface area contributed by atoms with E-state index in [1.165, 1.54) is 6.20 Å². The molecule has 0 bridgehead atoms. The highest BCUT2D eigenvalue weighted by molar-refractivity contribution is 9.10. The molecule has 0 saturated heterocycles. The molecule has 1 heterocycles. The zero-order valence-corrected chi connectivity index (χ0v) is 16.5. The van der Waals surface area contributed by atoms with Crippen molar-refractivity contribution in [2.24, 2.45) is 0 Å². The molecule has 0 atom stereocenters. The molecule has 7 heteroatoms. The average Bonchev–Trinajstić information content (AvgIpc) is 2.62. The number of pyridine rings is 1. The highest BCUT2D eigenvalue weighted by atomic mass is 79.9. The first-order valence-electron chi connectivity index (χ1n) is 7.89. The van der Waals surface area contributed by atoms with Crippen LogP contribution in [0.15, 0.2) is 47.1 Å². The molecule has 0 aliphatic carbocycles. The highest BCUT2D eigenvalue weighted by Crippen LogP contribution is 2.36. The summed E-state index contributed by atoms with van der Waals surface area (Å²) in [6, 6.07) is 10.9. The summed E-state index contributed by atoms with van der Waals surface area (Å²) in [6.45, 7) is 2.03. The van der Waals surface area contributed by atoms with E-state index in [1.807, 2.05) is 18.2 Å². The molecule has 3 rings (SSSR count). The van der Waals surface area contributed by atoms with Crippen LogP contribution in [0.2, 0.25) is 5.02 Å². The maximum atomic E-state index is 12.4. The summed E-state index contributed by atoms with van der Waals surface area (Å²) in [5.41, 5.74) is 2.29. The third-order valence-electron chi connectivity index (χ3n) is 3.75. The number of hydrogen-bond acceptors (Lipinski definition) is 5. The molecule has 0 aliphatic heterocycles. The summed E-state index contributed by atoms with van der Waals surface area (Å²) < 4.78 is 11.4. The number of methoxy groups -OCH3 is 1. The van der Waals surface area contributed by atoms with Crippen LogP contribution in [0.5, 0.6) is 5.75 Å². The Kier molecular flexibility index (Phi) is 5.64. The fourth-order valence-corrected chi connectivity index (χ4v) is 3.11. The van der Waals surface area contributed by atoms with Gasteiger partial charge in [0.2, 0.25) is 0 Å². The zero-order chi connectivity index (χ0) is 18.7. The number of ether oxygens (including phenoxy) is 2. The largest absolute Gasteiger partial charge is 0.495 e. The smallest absolute Gasteiger partial charge is 0.341 e. The molecule has 1 N–H and O–H groups in total. The minimum Gasteiger partial charge on any atom is -0.495 e. The van der Waals surface area contributed by atoms with Gasteiger partial charge >= 0.3 is 5.97 Å². The van der Waals surface area contributed by atoms with Crippen molar-refractivity contribution in [1.82, 2.24) is 4.98 Å². The van der Waals surface area contributed by atoms with Crippen molar-refractivity contribution in [3.63, 3.8) is 0 Å². The van der Waals surface area contributed by atoms with Crippen LogP contribution in [-0.4, -0.2) is 24.7 Å². The predicted molar refractivity (Wildman–Crippen MR) is 107 cm³/mol. The lowest BCUT2D eigenvalue weighted by Crippen LogP contribution is -2.09. The maximum absolute atomic E-state index is 12.4. The van der Waals surface area contributed by atoms with Gasteiger partial charge in [0.05, 0.1) is 30.6 Å². The normalized spacial score (nSPS) is 10.6. The Bertz CT molecular complexity index is 978. The van der Waals surface area contributed by atoms with E-state index in [0.29, 0.717) is 27.7 Å². The first-order valence-corrected chi connectivity index (χ1v) is 9.06. The SMILES string of the molecule is CCOC(=O)c1cnc2ccc(Br)cc2c1Nc1cc(Cl)ccc1OC. The number of hydrogen-bond donors (Lipinski definition) is 1. The molecule has 0 saturated carbocycles. The van der Waals surface area contributed by atoms with Crippen LogP contribution in [0.4, 0.5) is 11.4 Å². The Morgan fingerprint density at radius 1 is 1.27 bits per heavy atom. The van der Waals surface area contributed by atoms with E-state index in [-0.39, 0.29) is 6.61 Å². The quantitative estimate of drug-likeness (QED) is 0.530. The lowest BCUT2D eigenvalue weighted by molar-refractivity contribution is 0.0527. The Balaban J connectivity index is 2.21. The van der Waals surface area contributed by atoms with Crippen LogP contribution >= 0.6 is 27.5 Å². The van der Waals surface area contributed by atoms with E-state index in [9.17, 15) is 4.79 Å². The molecule has 3 aromatic rings. The number of benzene rings is 2. The van der Waals surface area contributed by atoms with Crippen LogP contribution in [-0.2, 0) is 4.74 Å². The Morgan fingerprint density at radius 2 is 2.08 bits per heavy atom. The van der Waals surface area contributed by atoms with Crippen LogP contribution < -0.4 is 10.1 Å². The summed E-state index contributed by atoms with van der Waals surface area (Å²) in [5.74, 6) is 0.148. The maximum Gasteiger partial charge on any atom is 0.341 e. The predicted octanol–water partition coefficient (Wildman–Crippen LogP) is 5.58. The van der Waals surface area contributed by atoms with Gasteiger partial charge in [-0.25, -0.2) is 4.79 Å². The van der Waals surface area contributed by atoms with Gasteiger partial charge in [0.1, 0.15) is 11.3 Å².